The Kier molecular flexibility index (Phi) is 18.6. The van der Waals surface area contributed by atoms with E-state index < -0.39 is 38.6 Å². The molecule has 0 bridgehead atoms. The van der Waals surface area contributed by atoms with Gasteiger partial charge in [-0.2, -0.15) is 0 Å². The molecule has 12 nitrogen and oxygen atoms in total. The van der Waals surface area contributed by atoms with E-state index >= 15 is 0 Å². The number of rotatable bonds is 5. The zero-order valence-corrected chi connectivity index (χ0v) is 16.5. The van der Waals surface area contributed by atoms with Crippen LogP contribution in [-0.2, 0) is 18.7 Å². The van der Waals surface area contributed by atoms with Gasteiger partial charge in [0, 0.05) is 18.4 Å². The molecule has 134 valence electrons. The van der Waals surface area contributed by atoms with Gasteiger partial charge in [0.25, 0.3) is 5.08 Å². The summed E-state index contributed by atoms with van der Waals surface area (Å²) in [6.07, 6.45) is -0.856. The van der Waals surface area contributed by atoms with Crippen molar-refractivity contribution in [3.05, 3.63) is 0 Å². The fourth-order valence-corrected chi connectivity index (χ4v) is 3.06. The molecule has 15 heteroatoms. The first-order valence-corrected chi connectivity index (χ1v) is 8.64. The zero-order chi connectivity index (χ0) is 18.8. The molecule has 0 atom stereocenters. The van der Waals surface area contributed by atoms with Crippen molar-refractivity contribution in [2.45, 2.75) is 31.8 Å². The average Bonchev–Trinajstić information content (AvgIpc) is 2.20. The largest absolute Gasteiger partial charge is 2.00 e. The second-order valence-electron chi connectivity index (χ2n) is 3.74. The van der Waals surface area contributed by atoms with Gasteiger partial charge in [0.1, 0.15) is 0 Å². The van der Waals surface area contributed by atoms with E-state index in [1.165, 1.54) is 0 Å². The Morgan fingerprint density at radius 1 is 1.00 bits per heavy atom. The number of carboxylic acid groups (broad SMARTS) is 2. The van der Waals surface area contributed by atoms with Crippen LogP contribution in [0.2, 0.25) is 0 Å². The molecule has 0 aliphatic carbocycles. The molecule has 0 aliphatic rings. The molecule has 0 aromatic carbocycles. The normalized spacial score (nSPS) is 11.0. The quantitative estimate of drug-likeness (QED) is 0.188. The molecule has 0 saturated carbocycles. The molecular weight excluding hydrogens is 388 g/mol. The van der Waals surface area contributed by atoms with Crippen molar-refractivity contribution in [2.75, 3.05) is 6.54 Å². The Bertz CT molecular complexity index is 403. The third-order valence-electron chi connectivity index (χ3n) is 1.65. The fraction of sp³-hybridized carbons (Fsp3) is 0.750. The number of aliphatic carboxylic acids is 2. The summed E-state index contributed by atoms with van der Waals surface area (Å²) in [6, 6.07) is 0. The van der Waals surface area contributed by atoms with Crippen LogP contribution in [0.25, 0.3) is 0 Å². The first-order valence-electron chi connectivity index (χ1n) is 5.41. The molecule has 0 fully saturated rings. The van der Waals surface area contributed by atoms with E-state index in [2.05, 4.69) is 0 Å². The fourth-order valence-electron chi connectivity index (χ4n) is 0.800. The number of carbonyl (C=O) groups is 2. The van der Waals surface area contributed by atoms with Crippen LogP contribution in [0, 0.1) is 0 Å². The van der Waals surface area contributed by atoms with Gasteiger partial charge in [-0.3, -0.25) is 9.13 Å². The van der Waals surface area contributed by atoms with Crippen LogP contribution in [0.5, 0.6) is 0 Å². The molecule has 7 N–H and O–H groups in total. The summed E-state index contributed by atoms with van der Waals surface area (Å²) in [6.45, 7) is 1.91. The van der Waals surface area contributed by atoms with E-state index in [4.69, 9.17) is 45.1 Å². The van der Waals surface area contributed by atoms with E-state index in [1.807, 2.05) is 0 Å². The van der Waals surface area contributed by atoms with Gasteiger partial charge >= 0.3 is 52.9 Å². The van der Waals surface area contributed by atoms with Crippen LogP contribution < -0.4 is 15.9 Å². The third-order valence-corrected chi connectivity index (χ3v) is 5.53. The van der Waals surface area contributed by atoms with Gasteiger partial charge < -0.3 is 50.2 Å². The van der Waals surface area contributed by atoms with Crippen LogP contribution in [0.3, 0.4) is 0 Å². The minimum atomic E-state index is -5.30. The van der Waals surface area contributed by atoms with Gasteiger partial charge in [0.15, 0.2) is 0 Å². The second-order valence-corrected chi connectivity index (χ2v) is 7.75. The first kappa shape index (κ1) is 31.2. The van der Waals surface area contributed by atoms with Crippen molar-refractivity contribution in [1.29, 1.82) is 0 Å². The molecule has 0 unspecified atom stereocenters. The van der Waals surface area contributed by atoms with E-state index in [0.29, 0.717) is 0 Å². The molecule has 0 amide bonds. The molecule has 0 spiro atoms. The molecule has 0 aromatic rings. The van der Waals surface area contributed by atoms with E-state index in [0.717, 1.165) is 13.8 Å². The molecule has 23 heavy (non-hydrogen) atoms. The van der Waals surface area contributed by atoms with Gasteiger partial charge in [0.05, 0.1) is 0 Å². The molecule has 0 radical (unpaired) electrons. The topological polar surface area (TPSA) is 242 Å². The zero-order valence-electron chi connectivity index (χ0n) is 12.5. The van der Waals surface area contributed by atoms with Crippen LogP contribution in [0.1, 0.15) is 26.7 Å². The Balaban J connectivity index is -0.000000167. The summed E-state index contributed by atoms with van der Waals surface area (Å²) < 4.78 is 21.4. The maximum absolute atomic E-state index is 10.7. The summed E-state index contributed by atoms with van der Waals surface area (Å²) in [4.78, 5) is 52.3. The minimum absolute atomic E-state index is 0. The Morgan fingerprint density at radius 3 is 1.35 bits per heavy atom. The summed E-state index contributed by atoms with van der Waals surface area (Å²) >= 11 is 0. The Labute approximate surface area is 162 Å². The summed E-state index contributed by atoms with van der Waals surface area (Å²) in [5, 5.41) is 23.7. The molecule has 0 heterocycles. The van der Waals surface area contributed by atoms with E-state index in [9.17, 15) is 14.2 Å². The van der Waals surface area contributed by atoms with Gasteiger partial charge in [-0.15, -0.1) is 0 Å². The van der Waals surface area contributed by atoms with Crippen LogP contribution in [0.4, 0.5) is 0 Å². The number of aliphatic hydroxyl groups is 1. The van der Waals surface area contributed by atoms with Gasteiger partial charge in [-0.25, -0.2) is 0 Å². The van der Waals surface area contributed by atoms with Crippen LogP contribution in [0.15, 0.2) is 0 Å². The number of carbonyl (C=O) groups excluding carboxylic acids is 2. The maximum Gasteiger partial charge on any atom is 2.00 e. The van der Waals surface area contributed by atoms with Crippen molar-refractivity contribution >= 4 is 64.9 Å². The second kappa shape index (κ2) is 13.7. The van der Waals surface area contributed by atoms with Crippen LogP contribution >= 0.6 is 15.2 Å². The summed E-state index contributed by atoms with van der Waals surface area (Å²) in [7, 11) is -10.6. The van der Waals surface area contributed by atoms with E-state index in [1.54, 1.807) is 0 Å². The Morgan fingerprint density at radius 2 is 1.22 bits per heavy atom. The molecule has 0 saturated heterocycles. The monoisotopic (exact) mass is 407 g/mol. The predicted molar refractivity (Wildman–Crippen MR) is 74.4 cm³/mol. The SMILES string of the molecule is CC(=O)[O-].CC(=O)[O-].NCCCC(O)(P(=O)(O)O)P(=O)(O)O.[Ca+2]. The average molecular weight is 407 g/mol. The smallest absolute Gasteiger partial charge is 0.550 e. The van der Waals surface area contributed by atoms with Crippen molar-refractivity contribution in [2.24, 2.45) is 5.73 Å². The molecule has 0 aromatic heterocycles. The van der Waals surface area contributed by atoms with Crippen molar-refractivity contribution in [3.63, 3.8) is 0 Å². The van der Waals surface area contributed by atoms with Crippen molar-refractivity contribution in [1.82, 2.24) is 0 Å². The van der Waals surface area contributed by atoms with Crippen LogP contribution in [-0.4, -0.2) is 86.0 Å². The third kappa shape index (κ3) is 17.0. The standard InChI is InChI=1S/C4H13NO7P2.2C2H4O2.Ca/c5-3-1-2-4(6,13(7,8)9)14(10,11)12;2*1-2(3)4;/h6H,1-3,5H2,(H2,7,8,9)(H2,10,11,12);2*1H3,(H,3,4);/q;;;+2/p-2. The van der Waals surface area contributed by atoms with Crippen molar-refractivity contribution < 1.29 is 53.6 Å². The predicted octanol–water partition coefficient (Wildman–Crippen LogP) is -4.14. The number of hydrogen-bond donors (Lipinski definition) is 6. The molecule has 0 rings (SSSR count). The van der Waals surface area contributed by atoms with Gasteiger partial charge in [-0.1, -0.05) is 0 Å². The Hall–Kier alpha value is 0.420. The minimum Gasteiger partial charge on any atom is -0.550 e. The van der Waals surface area contributed by atoms with E-state index in [-0.39, 0.29) is 50.7 Å². The maximum atomic E-state index is 10.7. The summed E-state index contributed by atoms with van der Waals surface area (Å²) in [5.41, 5.74) is 5.01. The first-order chi connectivity index (χ1) is 9.52. The summed E-state index contributed by atoms with van der Waals surface area (Å²) in [5.74, 6) is -2.17. The number of hydrogen-bond acceptors (Lipinski definition) is 8. The molecule has 0 aliphatic heterocycles. The van der Waals surface area contributed by atoms with Gasteiger partial charge in [-0.05, 0) is 26.8 Å². The number of nitrogens with two attached hydrogens (primary N) is 1. The van der Waals surface area contributed by atoms with Gasteiger partial charge in [0.2, 0.25) is 0 Å². The van der Waals surface area contributed by atoms with Crippen molar-refractivity contribution in [3.8, 4) is 0 Å². The molecular formula is C8H19CaNO11P2. The number of carboxylic acids is 2.